The maximum Gasteiger partial charge on any atom is 0.396 e. The van der Waals surface area contributed by atoms with Crippen molar-refractivity contribution >= 4 is 22.8 Å². The van der Waals surface area contributed by atoms with Crippen molar-refractivity contribution in [2.24, 2.45) is 5.92 Å². The second-order valence-corrected chi connectivity index (χ2v) is 7.83. The molecule has 0 bridgehead atoms. The number of carbonyl (C=O) groups excluding carboxylic acids is 2. The quantitative estimate of drug-likeness (QED) is 0.567. The summed E-state index contributed by atoms with van der Waals surface area (Å²) in [7, 11) is 3.37. The Morgan fingerprint density at radius 3 is 2.81 bits per heavy atom. The zero-order chi connectivity index (χ0) is 19.1. The Morgan fingerprint density at radius 2 is 2.04 bits per heavy atom. The number of likely N-dealkylation sites (N-methyl/N-ethyl adjacent to an activating group) is 1. The third kappa shape index (κ3) is 3.20. The first-order valence-electron chi connectivity index (χ1n) is 9.54. The number of rotatable bonds is 1. The van der Waals surface area contributed by atoms with Gasteiger partial charge in [0.2, 0.25) is 0 Å². The first kappa shape index (κ1) is 18.0. The normalized spacial score (nSPS) is 23.3. The molecule has 2 unspecified atom stereocenters. The van der Waals surface area contributed by atoms with Crippen molar-refractivity contribution < 1.29 is 14.3 Å². The zero-order valence-electron chi connectivity index (χ0n) is 16.1. The molecule has 1 aromatic carbocycles. The fourth-order valence-electron chi connectivity index (χ4n) is 4.29. The lowest BCUT2D eigenvalue weighted by Gasteiger charge is -2.38. The smallest absolute Gasteiger partial charge is 0.396 e. The molecular formula is C20H26N4O3. The van der Waals surface area contributed by atoms with E-state index in [0.717, 1.165) is 48.9 Å². The molecule has 0 saturated carbocycles. The van der Waals surface area contributed by atoms with E-state index >= 15 is 0 Å². The van der Waals surface area contributed by atoms with E-state index in [1.54, 1.807) is 4.90 Å². The van der Waals surface area contributed by atoms with Gasteiger partial charge < -0.3 is 9.64 Å². The predicted octanol–water partition coefficient (Wildman–Crippen LogP) is 1.95. The highest BCUT2D eigenvalue weighted by molar-refractivity contribution is 6.32. The van der Waals surface area contributed by atoms with Crippen LogP contribution >= 0.6 is 0 Å². The Kier molecular flexibility index (Phi) is 4.63. The molecule has 2 atom stereocenters. The second kappa shape index (κ2) is 6.96. The molecule has 1 saturated heterocycles. The van der Waals surface area contributed by atoms with Crippen LogP contribution in [0, 0.1) is 5.92 Å². The number of esters is 1. The van der Waals surface area contributed by atoms with Crippen LogP contribution in [0.25, 0.3) is 10.9 Å². The molecule has 0 spiro atoms. The maximum absolute atomic E-state index is 12.6. The van der Waals surface area contributed by atoms with E-state index in [4.69, 9.17) is 5.10 Å². The molecule has 0 radical (unpaired) electrons. The average molecular weight is 370 g/mol. The predicted molar refractivity (Wildman–Crippen MR) is 101 cm³/mol. The molecule has 144 valence electrons. The van der Waals surface area contributed by atoms with Gasteiger partial charge >= 0.3 is 11.9 Å². The number of likely N-dealkylation sites (tertiary alicyclic amines) is 1. The molecule has 2 aliphatic rings. The summed E-state index contributed by atoms with van der Waals surface area (Å²) in [5.41, 5.74) is 3.27. The molecule has 2 aromatic rings. The molecule has 2 aliphatic heterocycles. The number of fused-ring (bicyclic) bond motifs is 3. The number of ether oxygens (including phenoxy) is 1. The Bertz CT molecular complexity index is 891. The number of hydrogen-bond donors (Lipinski definition) is 0. The number of carbonyl (C=O) groups is 2. The monoisotopic (exact) mass is 370 g/mol. The molecule has 3 heterocycles. The summed E-state index contributed by atoms with van der Waals surface area (Å²) in [6.45, 7) is 5.44. The van der Waals surface area contributed by atoms with Crippen molar-refractivity contribution in [2.45, 2.75) is 38.9 Å². The van der Waals surface area contributed by atoms with Crippen molar-refractivity contribution in [3.63, 3.8) is 0 Å². The van der Waals surface area contributed by atoms with Crippen LogP contribution in [0.15, 0.2) is 18.2 Å². The SMILES string of the molecule is COC(=O)C(=O)N1CC(C)CCC1c1ccc2nn3c(c2c1)CN(C)CC3. The number of aromatic nitrogens is 2. The minimum absolute atomic E-state index is 0.103. The number of methoxy groups -OCH3 is 1. The molecule has 7 nitrogen and oxygen atoms in total. The van der Waals surface area contributed by atoms with Crippen LogP contribution in [0.1, 0.15) is 37.1 Å². The first-order valence-corrected chi connectivity index (χ1v) is 9.54. The number of nitrogens with zero attached hydrogens (tertiary/aromatic N) is 4. The maximum atomic E-state index is 12.6. The molecule has 0 N–H and O–H groups in total. The van der Waals surface area contributed by atoms with Gasteiger partial charge in [0.05, 0.1) is 30.9 Å². The largest absolute Gasteiger partial charge is 0.462 e. The highest BCUT2D eigenvalue weighted by atomic mass is 16.5. The molecule has 1 aromatic heterocycles. The summed E-state index contributed by atoms with van der Waals surface area (Å²) in [6.07, 6.45) is 1.88. The molecule has 1 fully saturated rings. The summed E-state index contributed by atoms with van der Waals surface area (Å²) in [5.74, 6) is -0.971. The lowest BCUT2D eigenvalue weighted by atomic mass is 9.89. The highest BCUT2D eigenvalue weighted by Gasteiger charge is 2.35. The Morgan fingerprint density at radius 1 is 1.22 bits per heavy atom. The highest BCUT2D eigenvalue weighted by Crippen LogP contribution is 2.35. The molecular weight excluding hydrogens is 344 g/mol. The topological polar surface area (TPSA) is 67.7 Å². The van der Waals surface area contributed by atoms with Gasteiger partial charge in [-0.3, -0.25) is 14.4 Å². The van der Waals surface area contributed by atoms with Crippen LogP contribution < -0.4 is 0 Å². The van der Waals surface area contributed by atoms with Crippen molar-refractivity contribution in [3.05, 3.63) is 29.5 Å². The molecule has 4 rings (SSSR count). The first-order chi connectivity index (χ1) is 13.0. The van der Waals surface area contributed by atoms with Crippen LogP contribution in [0.2, 0.25) is 0 Å². The summed E-state index contributed by atoms with van der Waals surface area (Å²) in [4.78, 5) is 28.4. The van der Waals surface area contributed by atoms with Gasteiger partial charge in [0.15, 0.2) is 0 Å². The number of piperidine rings is 1. The molecule has 7 heteroatoms. The van der Waals surface area contributed by atoms with Gasteiger partial charge in [-0.25, -0.2) is 4.79 Å². The second-order valence-electron chi connectivity index (χ2n) is 7.83. The van der Waals surface area contributed by atoms with Crippen molar-refractivity contribution in [3.8, 4) is 0 Å². The van der Waals surface area contributed by atoms with Gasteiger partial charge in [-0.2, -0.15) is 5.10 Å². The minimum Gasteiger partial charge on any atom is -0.462 e. The van der Waals surface area contributed by atoms with E-state index in [1.807, 2.05) is 12.1 Å². The number of amides is 1. The van der Waals surface area contributed by atoms with Gasteiger partial charge in [-0.1, -0.05) is 13.0 Å². The Balaban J connectivity index is 1.72. The standard InChI is InChI=1S/C20H26N4O3/c1-13-4-7-17(23(11-13)19(25)20(26)27-3)14-5-6-16-15(10-14)18-12-22(2)8-9-24(18)21-16/h5-6,10,13,17H,4,7-9,11-12H2,1-3H3. The van der Waals surface area contributed by atoms with Crippen LogP contribution in [0.3, 0.4) is 0 Å². The van der Waals surface area contributed by atoms with E-state index in [-0.39, 0.29) is 6.04 Å². The van der Waals surface area contributed by atoms with E-state index in [1.165, 1.54) is 12.8 Å². The lowest BCUT2D eigenvalue weighted by Crippen LogP contribution is -2.45. The summed E-state index contributed by atoms with van der Waals surface area (Å²) >= 11 is 0. The fourth-order valence-corrected chi connectivity index (χ4v) is 4.29. The van der Waals surface area contributed by atoms with E-state index in [9.17, 15) is 9.59 Å². The van der Waals surface area contributed by atoms with Crippen LogP contribution in [0.5, 0.6) is 0 Å². The van der Waals surface area contributed by atoms with E-state index < -0.39 is 11.9 Å². The summed E-state index contributed by atoms with van der Waals surface area (Å²) in [6, 6.07) is 6.14. The van der Waals surface area contributed by atoms with Gasteiger partial charge in [0.1, 0.15) is 0 Å². The van der Waals surface area contributed by atoms with Crippen LogP contribution in [-0.2, 0) is 27.4 Å². The van der Waals surface area contributed by atoms with E-state index in [2.05, 4.69) is 34.4 Å². The van der Waals surface area contributed by atoms with Crippen molar-refractivity contribution in [1.82, 2.24) is 19.6 Å². The number of hydrogen-bond acceptors (Lipinski definition) is 5. The van der Waals surface area contributed by atoms with Gasteiger partial charge in [-0.15, -0.1) is 0 Å². The fraction of sp³-hybridized carbons (Fsp3) is 0.550. The van der Waals surface area contributed by atoms with Gasteiger partial charge in [0.25, 0.3) is 0 Å². The van der Waals surface area contributed by atoms with Crippen LogP contribution in [-0.4, -0.2) is 58.7 Å². The Hall–Kier alpha value is -2.41. The average Bonchev–Trinajstić information content (AvgIpc) is 3.03. The van der Waals surface area contributed by atoms with E-state index in [0.29, 0.717) is 12.5 Å². The zero-order valence-corrected chi connectivity index (χ0v) is 16.1. The summed E-state index contributed by atoms with van der Waals surface area (Å²) < 4.78 is 6.77. The molecule has 0 aliphatic carbocycles. The van der Waals surface area contributed by atoms with Gasteiger partial charge in [0, 0.05) is 25.0 Å². The molecule has 27 heavy (non-hydrogen) atoms. The molecule has 1 amide bonds. The minimum atomic E-state index is -0.792. The summed E-state index contributed by atoms with van der Waals surface area (Å²) in [5, 5.41) is 5.86. The van der Waals surface area contributed by atoms with Crippen LogP contribution in [0.4, 0.5) is 0 Å². The van der Waals surface area contributed by atoms with Crippen molar-refractivity contribution in [2.75, 3.05) is 27.2 Å². The van der Waals surface area contributed by atoms with Crippen molar-refractivity contribution in [1.29, 1.82) is 0 Å². The third-order valence-corrected chi connectivity index (χ3v) is 5.81. The lowest BCUT2D eigenvalue weighted by molar-refractivity contribution is -0.160. The van der Waals surface area contributed by atoms with Gasteiger partial charge in [-0.05, 0) is 43.5 Å². The third-order valence-electron chi connectivity index (χ3n) is 5.81. The number of benzene rings is 1. The Labute approximate surface area is 158 Å².